The Bertz CT molecular complexity index is 802. The Kier molecular flexibility index (Phi) is 4.93. The average Bonchev–Trinajstić information content (AvgIpc) is 3.02. The van der Waals surface area contributed by atoms with E-state index in [1.54, 1.807) is 13.8 Å². The van der Waals surface area contributed by atoms with Gasteiger partial charge in [-0.25, -0.2) is 9.59 Å². The molecule has 0 saturated heterocycles. The van der Waals surface area contributed by atoms with Crippen molar-refractivity contribution in [2.45, 2.75) is 13.8 Å². The van der Waals surface area contributed by atoms with Gasteiger partial charge in [0.15, 0.2) is 0 Å². The molecule has 0 bridgehead atoms. The molecule has 0 aliphatic carbocycles. The third-order valence-corrected chi connectivity index (χ3v) is 4.28. The second-order valence-electron chi connectivity index (χ2n) is 4.79. The quantitative estimate of drug-likeness (QED) is 0.474. The summed E-state index contributed by atoms with van der Waals surface area (Å²) in [6.45, 7) is 3.14. The predicted molar refractivity (Wildman–Crippen MR) is 86.4 cm³/mol. The van der Waals surface area contributed by atoms with E-state index < -0.39 is 16.9 Å². The lowest BCUT2D eigenvalue weighted by Crippen LogP contribution is -2.16. The number of esters is 2. The molecule has 2 aromatic rings. The minimum atomic E-state index is -0.736. The molecule has 9 heteroatoms. The zero-order valence-corrected chi connectivity index (χ0v) is 14.2. The molecule has 8 nitrogen and oxygen atoms in total. The fourth-order valence-corrected chi connectivity index (χ4v) is 3.17. The highest BCUT2D eigenvalue weighted by molar-refractivity contribution is 7.14. The molecule has 0 aliphatic rings. The topological polar surface area (TPSA) is 109 Å². The lowest BCUT2D eigenvalue weighted by molar-refractivity contribution is -0.379. The number of hydrogen-bond acceptors (Lipinski definition) is 8. The van der Waals surface area contributed by atoms with Crippen molar-refractivity contribution in [1.82, 2.24) is 4.98 Å². The highest BCUT2D eigenvalue weighted by Crippen LogP contribution is 2.40. The van der Waals surface area contributed by atoms with Crippen LogP contribution in [0.3, 0.4) is 0 Å². The van der Waals surface area contributed by atoms with Crippen LogP contribution in [-0.2, 0) is 9.47 Å². The summed E-state index contributed by atoms with van der Waals surface area (Å²) in [4.78, 5) is 39.4. The van der Waals surface area contributed by atoms with Crippen molar-refractivity contribution in [3.8, 4) is 11.1 Å². The van der Waals surface area contributed by atoms with Crippen molar-refractivity contribution < 1.29 is 24.0 Å². The fraction of sp³-hybridized carbons (Fsp3) is 0.267. The molecule has 0 N–H and O–H groups in total. The highest BCUT2D eigenvalue weighted by Gasteiger charge is 2.31. The van der Waals surface area contributed by atoms with Crippen LogP contribution in [0.2, 0.25) is 0 Å². The van der Waals surface area contributed by atoms with Gasteiger partial charge in [-0.15, -0.1) is 0 Å². The molecule has 2 aromatic heterocycles. The summed E-state index contributed by atoms with van der Waals surface area (Å²) in [5.41, 5.74) is 0.881. The monoisotopic (exact) mass is 350 g/mol. The van der Waals surface area contributed by atoms with Crippen LogP contribution in [-0.4, -0.2) is 36.1 Å². The Morgan fingerprint density at radius 2 is 1.62 bits per heavy atom. The van der Waals surface area contributed by atoms with Crippen LogP contribution in [0.4, 0.5) is 5.00 Å². The number of nitrogens with zero attached hydrogens (tertiary/aromatic N) is 2. The highest BCUT2D eigenvalue weighted by atomic mass is 32.1. The van der Waals surface area contributed by atoms with E-state index >= 15 is 0 Å². The van der Waals surface area contributed by atoms with E-state index in [0.29, 0.717) is 11.4 Å². The van der Waals surface area contributed by atoms with E-state index in [9.17, 15) is 19.7 Å². The van der Waals surface area contributed by atoms with Crippen molar-refractivity contribution in [3.63, 3.8) is 0 Å². The Labute approximate surface area is 141 Å². The lowest BCUT2D eigenvalue weighted by Gasteiger charge is -2.15. The normalized spacial score (nSPS) is 10.3. The molecule has 0 aliphatic heterocycles. The Hall–Kier alpha value is -2.81. The summed E-state index contributed by atoms with van der Waals surface area (Å²) in [6, 6.07) is 1.48. The standard InChI is InChI=1S/C15H14N2O6S/c1-7-10(14(18)22-3)12(9-5-6-24-13(9)17(20)21)11(8(2)16-7)15(19)23-4/h5-6H,1-4H3. The molecule has 2 rings (SSSR count). The number of carbonyl (C=O) groups excluding carboxylic acids is 2. The third-order valence-electron chi connectivity index (χ3n) is 3.42. The maximum Gasteiger partial charge on any atom is 0.340 e. The third kappa shape index (κ3) is 2.85. The smallest absolute Gasteiger partial charge is 0.340 e. The number of hydrogen-bond donors (Lipinski definition) is 0. The van der Waals surface area contributed by atoms with Crippen molar-refractivity contribution >= 4 is 28.3 Å². The second-order valence-corrected chi connectivity index (χ2v) is 5.68. The predicted octanol–water partition coefficient (Wildman–Crippen LogP) is 2.91. The summed E-state index contributed by atoms with van der Waals surface area (Å²) in [7, 11) is 2.37. The van der Waals surface area contributed by atoms with Crippen molar-refractivity contribution in [2.24, 2.45) is 0 Å². The summed E-state index contributed by atoms with van der Waals surface area (Å²) < 4.78 is 9.53. The molecule has 0 amide bonds. The SMILES string of the molecule is COC(=O)c1c(C)nc(C)c(C(=O)OC)c1-c1ccsc1[N+](=O)[O-]. The molecule has 2 heterocycles. The summed E-state index contributed by atoms with van der Waals surface area (Å²) in [6.07, 6.45) is 0. The molecule has 24 heavy (non-hydrogen) atoms. The van der Waals surface area contributed by atoms with Gasteiger partial charge < -0.3 is 9.47 Å². The molecule has 0 spiro atoms. The summed E-state index contributed by atoms with van der Waals surface area (Å²) in [5, 5.41) is 12.6. The van der Waals surface area contributed by atoms with E-state index in [1.165, 1.54) is 25.7 Å². The zero-order valence-electron chi connectivity index (χ0n) is 13.4. The van der Waals surface area contributed by atoms with Gasteiger partial charge in [0, 0.05) is 5.56 Å². The fourth-order valence-electron chi connectivity index (χ4n) is 2.46. The molecule has 0 atom stereocenters. The van der Waals surface area contributed by atoms with Gasteiger partial charge in [-0.3, -0.25) is 15.1 Å². The van der Waals surface area contributed by atoms with Crippen LogP contribution >= 0.6 is 11.3 Å². The number of methoxy groups -OCH3 is 2. The van der Waals surface area contributed by atoms with Gasteiger partial charge in [-0.2, -0.15) is 0 Å². The lowest BCUT2D eigenvalue weighted by atomic mass is 9.93. The first kappa shape index (κ1) is 17.5. The van der Waals surface area contributed by atoms with Crippen LogP contribution in [0, 0.1) is 24.0 Å². The number of nitro groups is 1. The molecule has 0 aromatic carbocycles. The molecule has 126 valence electrons. The zero-order chi connectivity index (χ0) is 18.0. The van der Waals surface area contributed by atoms with Gasteiger partial charge in [-0.1, -0.05) is 11.3 Å². The van der Waals surface area contributed by atoms with Crippen molar-refractivity contribution in [2.75, 3.05) is 14.2 Å². The van der Waals surface area contributed by atoms with Crippen LogP contribution in [0.25, 0.3) is 11.1 Å². The van der Waals surface area contributed by atoms with Crippen molar-refractivity contribution in [3.05, 3.63) is 44.1 Å². The number of ether oxygens (including phenoxy) is 2. The Morgan fingerprint density at radius 1 is 1.12 bits per heavy atom. The van der Waals surface area contributed by atoms with Gasteiger partial charge in [-0.05, 0) is 25.3 Å². The molecule has 0 unspecified atom stereocenters. The van der Waals surface area contributed by atoms with Crippen LogP contribution in [0.1, 0.15) is 32.1 Å². The summed E-state index contributed by atoms with van der Waals surface area (Å²) >= 11 is 0.897. The average molecular weight is 350 g/mol. The number of thiophene rings is 1. The number of pyridine rings is 1. The Balaban J connectivity index is 2.98. The van der Waals surface area contributed by atoms with E-state index in [4.69, 9.17) is 9.47 Å². The number of carbonyl (C=O) groups is 2. The number of aromatic nitrogens is 1. The molecule has 0 radical (unpaired) electrons. The minimum Gasteiger partial charge on any atom is -0.465 e. The maximum absolute atomic E-state index is 12.2. The maximum atomic E-state index is 12.2. The van der Waals surface area contributed by atoms with E-state index in [-0.39, 0.29) is 27.3 Å². The largest absolute Gasteiger partial charge is 0.465 e. The summed E-state index contributed by atoms with van der Waals surface area (Å²) in [5.74, 6) is -1.47. The number of rotatable bonds is 4. The van der Waals surface area contributed by atoms with Crippen molar-refractivity contribution in [1.29, 1.82) is 0 Å². The molecular weight excluding hydrogens is 336 g/mol. The molecule has 0 saturated carbocycles. The van der Waals surface area contributed by atoms with Gasteiger partial charge >= 0.3 is 16.9 Å². The minimum absolute atomic E-state index is 0.00463. The van der Waals surface area contributed by atoms with Gasteiger partial charge in [0.05, 0.1) is 47.2 Å². The first-order valence-corrected chi connectivity index (χ1v) is 7.61. The number of aryl methyl sites for hydroxylation is 2. The van der Waals surface area contributed by atoms with Crippen LogP contribution < -0.4 is 0 Å². The van der Waals surface area contributed by atoms with Crippen LogP contribution in [0.5, 0.6) is 0 Å². The first-order valence-electron chi connectivity index (χ1n) is 6.73. The van der Waals surface area contributed by atoms with Gasteiger partial charge in [0.1, 0.15) is 0 Å². The van der Waals surface area contributed by atoms with Gasteiger partial charge in [0.25, 0.3) is 0 Å². The molecule has 0 fully saturated rings. The Morgan fingerprint density at radius 3 is 2.04 bits per heavy atom. The van der Waals surface area contributed by atoms with E-state index in [2.05, 4.69) is 4.98 Å². The van der Waals surface area contributed by atoms with E-state index in [0.717, 1.165) is 11.3 Å². The van der Waals surface area contributed by atoms with E-state index in [1.807, 2.05) is 0 Å². The van der Waals surface area contributed by atoms with Gasteiger partial charge in [0.2, 0.25) is 0 Å². The second kappa shape index (κ2) is 6.75. The first-order chi connectivity index (χ1) is 11.3. The molecular formula is C15H14N2O6S. The van der Waals surface area contributed by atoms with Crippen LogP contribution in [0.15, 0.2) is 11.4 Å².